The second-order valence-corrected chi connectivity index (χ2v) is 7.40. The molecule has 11 heteroatoms. The molecular weight excluding hydrogens is 410 g/mol. The molecule has 1 aliphatic heterocycles. The Morgan fingerprint density at radius 2 is 2.06 bits per heavy atom. The predicted molar refractivity (Wildman–Crippen MR) is 110 cm³/mol. The SMILES string of the molecule is CC(=O)NC[C@H]1CCC(F)(F)CN1C(=O)c1nc(Nc2cc(N=O)ccn2)ccc1C. The molecular formula is C20H22F2N6O3. The lowest BCUT2D eigenvalue weighted by atomic mass is 9.98. The predicted octanol–water partition coefficient (Wildman–Crippen LogP) is 3.30. The van der Waals surface area contributed by atoms with E-state index in [9.17, 15) is 23.3 Å². The first-order valence-corrected chi connectivity index (χ1v) is 9.66. The van der Waals surface area contributed by atoms with Crippen LogP contribution in [-0.4, -0.2) is 51.7 Å². The van der Waals surface area contributed by atoms with Gasteiger partial charge in [-0.3, -0.25) is 9.59 Å². The molecule has 3 rings (SSSR count). The van der Waals surface area contributed by atoms with Crippen molar-refractivity contribution in [3.05, 3.63) is 46.6 Å². The Balaban J connectivity index is 1.86. The first-order valence-electron chi connectivity index (χ1n) is 9.66. The van der Waals surface area contributed by atoms with Gasteiger partial charge in [0.25, 0.3) is 11.8 Å². The maximum absolute atomic E-state index is 14.1. The van der Waals surface area contributed by atoms with Crippen molar-refractivity contribution >= 4 is 29.1 Å². The third kappa shape index (κ3) is 5.56. The molecule has 0 saturated carbocycles. The molecule has 9 nitrogen and oxygen atoms in total. The molecule has 31 heavy (non-hydrogen) atoms. The molecule has 1 fully saturated rings. The number of halogens is 2. The van der Waals surface area contributed by atoms with Crippen molar-refractivity contribution in [2.75, 3.05) is 18.4 Å². The molecule has 0 radical (unpaired) electrons. The van der Waals surface area contributed by atoms with Crippen LogP contribution in [0.1, 0.15) is 35.8 Å². The molecule has 3 heterocycles. The number of anilines is 2. The van der Waals surface area contributed by atoms with Crippen molar-refractivity contribution in [3.8, 4) is 0 Å². The zero-order valence-corrected chi connectivity index (χ0v) is 17.1. The van der Waals surface area contributed by atoms with Crippen LogP contribution in [0.25, 0.3) is 0 Å². The first kappa shape index (κ1) is 22.2. The third-order valence-electron chi connectivity index (χ3n) is 4.94. The van der Waals surface area contributed by atoms with Crippen molar-refractivity contribution in [2.24, 2.45) is 5.18 Å². The van der Waals surface area contributed by atoms with Crippen LogP contribution in [0.4, 0.5) is 26.1 Å². The summed E-state index contributed by atoms with van der Waals surface area (Å²) in [7, 11) is 0. The van der Waals surface area contributed by atoms with E-state index in [-0.39, 0.29) is 42.5 Å². The Labute approximate surface area is 177 Å². The van der Waals surface area contributed by atoms with Crippen LogP contribution in [0.3, 0.4) is 0 Å². The number of pyridine rings is 2. The van der Waals surface area contributed by atoms with Gasteiger partial charge in [0, 0.05) is 38.2 Å². The van der Waals surface area contributed by atoms with Gasteiger partial charge in [-0.25, -0.2) is 18.7 Å². The fourth-order valence-electron chi connectivity index (χ4n) is 3.33. The Kier molecular flexibility index (Phi) is 6.52. The van der Waals surface area contributed by atoms with Crippen LogP contribution in [0.2, 0.25) is 0 Å². The van der Waals surface area contributed by atoms with Gasteiger partial charge in [0.15, 0.2) is 0 Å². The number of aryl methyl sites for hydroxylation is 1. The molecule has 2 amide bonds. The van der Waals surface area contributed by atoms with Crippen LogP contribution in [0, 0.1) is 11.8 Å². The monoisotopic (exact) mass is 432 g/mol. The van der Waals surface area contributed by atoms with Crippen molar-refractivity contribution in [3.63, 3.8) is 0 Å². The van der Waals surface area contributed by atoms with E-state index in [0.29, 0.717) is 11.4 Å². The van der Waals surface area contributed by atoms with Gasteiger partial charge in [0.1, 0.15) is 23.0 Å². The highest BCUT2D eigenvalue weighted by Gasteiger charge is 2.42. The van der Waals surface area contributed by atoms with Gasteiger partial charge in [0.2, 0.25) is 5.91 Å². The largest absolute Gasteiger partial charge is 0.354 e. The Bertz CT molecular complexity index is 1000. The number of aromatic nitrogens is 2. The summed E-state index contributed by atoms with van der Waals surface area (Å²) in [5.41, 5.74) is 0.691. The lowest BCUT2D eigenvalue weighted by Crippen LogP contribution is -2.55. The summed E-state index contributed by atoms with van der Waals surface area (Å²) in [6.07, 6.45) is 1.09. The van der Waals surface area contributed by atoms with E-state index < -0.39 is 24.4 Å². The van der Waals surface area contributed by atoms with E-state index in [1.165, 1.54) is 25.3 Å². The summed E-state index contributed by atoms with van der Waals surface area (Å²) in [4.78, 5) is 44.6. The highest BCUT2D eigenvalue weighted by atomic mass is 19.3. The van der Waals surface area contributed by atoms with Gasteiger partial charge in [-0.1, -0.05) is 6.07 Å². The maximum atomic E-state index is 14.1. The molecule has 2 aromatic heterocycles. The third-order valence-corrected chi connectivity index (χ3v) is 4.94. The molecule has 2 N–H and O–H groups in total. The molecule has 0 aromatic carbocycles. The van der Waals surface area contributed by atoms with Gasteiger partial charge in [0.05, 0.1) is 6.54 Å². The quantitative estimate of drug-likeness (QED) is 0.677. The summed E-state index contributed by atoms with van der Waals surface area (Å²) in [6, 6.07) is 5.52. The van der Waals surface area contributed by atoms with Crippen LogP contribution < -0.4 is 10.6 Å². The van der Waals surface area contributed by atoms with E-state index in [0.717, 1.165) is 4.90 Å². The number of likely N-dealkylation sites (tertiary alicyclic amines) is 1. The first-order chi connectivity index (χ1) is 14.7. The summed E-state index contributed by atoms with van der Waals surface area (Å²) in [5, 5.41) is 8.30. The van der Waals surface area contributed by atoms with E-state index >= 15 is 0 Å². The van der Waals surface area contributed by atoms with E-state index in [1.807, 2.05) is 0 Å². The molecule has 1 atom stereocenters. The fraction of sp³-hybridized carbons (Fsp3) is 0.400. The highest BCUT2D eigenvalue weighted by Crippen LogP contribution is 2.31. The molecule has 1 saturated heterocycles. The second-order valence-electron chi connectivity index (χ2n) is 7.40. The summed E-state index contributed by atoms with van der Waals surface area (Å²) < 4.78 is 28.2. The number of alkyl halides is 2. The second kappa shape index (κ2) is 9.11. The van der Waals surface area contributed by atoms with Crippen molar-refractivity contribution in [2.45, 2.75) is 38.7 Å². The lowest BCUT2D eigenvalue weighted by molar-refractivity contribution is -0.119. The van der Waals surface area contributed by atoms with Crippen LogP contribution >= 0.6 is 0 Å². The highest BCUT2D eigenvalue weighted by molar-refractivity contribution is 5.94. The number of nitroso groups, excluding NO2 is 1. The van der Waals surface area contributed by atoms with Gasteiger partial charge < -0.3 is 15.5 Å². The van der Waals surface area contributed by atoms with Crippen LogP contribution in [0.15, 0.2) is 35.6 Å². The number of carbonyl (C=O) groups excluding carboxylic acids is 2. The minimum absolute atomic E-state index is 0.0141. The molecule has 2 aromatic rings. The Morgan fingerprint density at radius 1 is 1.29 bits per heavy atom. The molecule has 0 unspecified atom stereocenters. The zero-order valence-electron chi connectivity index (χ0n) is 17.1. The standard InChI is InChI=1S/C20H22F2N6O3/c1-12-3-4-16(25-17-9-14(27-31)6-8-23-17)26-18(12)19(30)28-11-20(21,22)7-5-15(28)10-24-13(2)29/h3-4,6,8-9,15H,5,7,10-11H2,1-2H3,(H,24,29)(H,23,25,26)/t15-/m1/s1. The Hall–Kier alpha value is -3.50. The molecule has 0 aliphatic carbocycles. The average Bonchev–Trinajstić information content (AvgIpc) is 2.73. The number of nitrogens with one attached hydrogen (secondary N) is 2. The molecule has 1 aliphatic rings. The van der Waals surface area contributed by atoms with Gasteiger partial charge in [-0.2, -0.15) is 0 Å². The number of nitrogens with zero attached hydrogens (tertiary/aromatic N) is 4. The number of amides is 2. The number of hydrogen-bond donors (Lipinski definition) is 2. The summed E-state index contributed by atoms with van der Waals surface area (Å²) >= 11 is 0. The summed E-state index contributed by atoms with van der Waals surface area (Å²) in [6.45, 7) is 2.32. The number of piperidine rings is 1. The molecule has 0 spiro atoms. The van der Waals surface area contributed by atoms with Crippen molar-refractivity contribution in [1.82, 2.24) is 20.2 Å². The van der Waals surface area contributed by atoms with Gasteiger partial charge in [-0.15, -0.1) is 4.91 Å². The van der Waals surface area contributed by atoms with Gasteiger partial charge in [-0.05, 0) is 36.2 Å². The Morgan fingerprint density at radius 3 is 2.77 bits per heavy atom. The number of hydrogen-bond acceptors (Lipinski definition) is 7. The number of rotatable bonds is 6. The topological polar surface area (TPSA) is 117 Å². The van der Waals surface area contributed by atoms with E-state index in [4.69, 9.17) is 0 Å². The smallest absolute Gasteiger partial charge is 0.273 e. The minimum atomic E-state index is -3.02. The normalized spacial score (nSPS) is 17.7. The fourth-order valence-corrected chi connectivity index (χ4v) is 3.33. The summed E-state index contributed by atoms with van der Waals surface area (Å²) in [5.74, 6) is -3.42. The van der Waals surface area contributed by atoms with E-state index in [2.05, 4.69) is 25.8 Å². The van der Waals surface area contributed by atoms with Crippen molar-refractivity contribution in [1.29, 1.82) is 0 Å². The minimum Gasteiger partial charge on any atom is -0.354 e. The van der Waals surface area contributed by atoms with Crippen LogP contribution in [-0.2, 0) is 4.79 Å². The van der Waals surface area contributed by atoms with E-state index in [1.54, 1.807) is 19.1 Å². The average molecular weight is 432 g/mol. The zero-order chi connectivity index (χ0) is 22.6. The van der Waals surface area contributed by atoms with Gasteiger partial charge >= 0.3 is 0 Å². The number of carbonyl (C=O) groups is 2. The van der Waals surface area contributed by atoms with Crippen molar-refractivity contribution < 1.29 is 18.4 Å². The maximum Gasteiger partial charge on any atom is 0.273 e. The lowest BCUT2D eigenvalue weighted by Gasteiger charge is -2.39. The van der Waals surface area contributed by atoms with Crippen LogP contribution in [0.5, 0.6) is 0 Å². The molecule has 164 valence electrons. The molecule has 0 bridgehead atoms.